The Labute approximate surface area is 112 Å². The second-order valence-electron chi connectivity index (χ2n) is 4.07. The van der Waals surface area contributed by atoms with E-state index in [4.69, 9.17) is 10.5 Å². The number of rotatable bonds is 3. The van der Waals surface area contributed by atoms with Crippen LogP contribution in [0, 0.1) is 11.3 Å². The Bertz CT molecular complexity index is 637. The maximum Gasteiger partial charge on any atom is 0.118 e. The Balaban J connectivity index is 2.36. The molecule has 0 aromatic heterocycles. The lowest BCUT2D eigenvalue weighted by atomic mass is 10.0. The molecule has 0 amide bonds. The van der Waals surface area contributed by atoms with Gasteiger partial charge in [0.15, 0.2) is 0 Å². The number of nitrogen functional groups attached to an aromatic ring is 1. The summed E-state index contributed by atoms with van der Waals surface area (Å²) >= 11 is 0. The average molecular weight is 250 g/mol. The maximum absolute atomic E-state index is 9.26. The first-order chi connectivity index (χ1) is 9.22. The molecule has 0 radical (unpaired) electrons. The van der Waals surface area contributed by atoms with Gasteiger partial charge in [-0.25, -0.2) is 0 Å². The van der Waals surface area contributed by atoms with Gasteiger partial charge in [0.05, 0.1) is 18.8 Å². The van der Waals surface area contributed by atoms with E-state index < -0.39 is 0 Å². The first kappa shape index (κ1) is 12.7. The molecular weight excluding hydrogens is 236 g/mol. The van der Waals surface area contributed by atoms with Gasteiger partial charge in [0.25, 0.3) is 0 Å². The average Bonchev–Trinajstić information content (AvgIpc) is 2.45. The van der Waals surface area contributed by atoms with Gasteiger partial charge in [-0.15, -0.1) is 0 Å². The van der Waals surface area contributed by atoms with E-state index in [1.807, 2.05) is 54.6 Å². The van der Waals surface area contributed by atoms with E-state index in [9.17, 15) is 5.26 Å². The summed E-state index contributed by atoms with van der Waals surface area (Å²) < 4.78 is 5.10. The predicted molar refractivity (Wildman–Crippen MR) is 77.3 cm³/mol. The number of nitrogens with two attached hydrogens (primary N) is 1. The minimum Gasteiger partial charge on any atom is -0.497 e. The molecule has 19 heavy (non-hydrogen) atoms. The molecule has 2 aromatic rings. The van der Waals surface area contributed by atoms with E-state index in [0.717, 1.165) is 16.9 Å². The molecule has 94 valence electrons. The van der Waals surface area contributed by atoms with Gasteiger partial charge < -0.3 is 10.5 Å². The number of ether oxygens (including phenoxy) is 1. The van der Waals surface area contributed by atoms with Gasteiger partial charge in [0.1, 0.15) is 5.75 Å². The van der Waals surface area contributed by atoms with Crippen LogP contribution in [0.1, 0.15) is 11.1 Å². The van der Waals surface area contributed by atoms with E-state index in [1.165, 1.54) is 0 Å². The lowest BCUT2D eigenvalue weighted by Crippen LogP contribution is -1.87. The maximum atomic E-state index is 9.26. The van der Waals surface area contributed by atoms with Crippen LogP contribution in [0.15, 0.2) is 48.5 Å². The smallest absolute Gasteiger partial charge is 0.118 e. The molecule has 0 unspecified atom stereocenters. The minimum atomic E-state index is 0.591. The van der Waals surface area contributed by atoms with Crippen molar-refractivity contribution in [3.8, 4) is 11.8 Å². The molecule has 0 bridgehead atoms. The first-order valence-corrected chi connectivity index (χ1v) is 5.84. The summed E-state index contributed by atoms with van der Waals surface area (Å²) in [6.07, 6.45) is 1.82. The molecule has 3 nitrogen and oxygen atoms in total. The van der Waals surface area contributed by atoms with Crippen LogP contribution in [0.2, 0.25) is 0 Å². The van der Waals surface area contributed by atoms with Crippen LogP contribution in [-0.2, 0) is 0 Å². The van der Waals surface area contributed by atoms with Crippen molar-refractivity contribution in [1.29, 1.82) is 5.26 Å². The largest absolute Gasteiger partial charge is 0.497 e. The van der Waals surface area contributed by atoms with Crippen LogP contribution >= 0.6 is 0 Å². The third-order valence-electron chi connectivity index (χ3n) is 2.74. The Kier molecular flexibility index (Phi) is 3.84. The highest BCUT2D eigenvalue weighted by molar-refractivity contribution is 5.89. The normalized spacial score (nSPS) is 10.8. The highest BCUT2D eigenvalue weighted by Crippen LogP contribution is 2.21. The second-order valence-corrected chi connectivity index (χ2v) is 4.07. The van der Waals surface area contributed by atoms with Gasteiger partial charge in [-0.1, -0.05) is 12.1 Å². The second kappa shape index (κ2) is 5.74. The summed E-state index contributed by atoms with van der Waals surface area (Å²) in [5.74, 6) is 0.769. The topological polar surface area (TPSA) is 59.0 Å². The van der Waals surface area contributed by atoms with Crippen molar-refractivity contribution in [2.75, 3.05) is 12.8 Å². The van der Waals surface area contributed by atoms with Crippen LogP contribution < -0.4 is 10.5 Å². The standard InChI is InChI=1S/C16H14N2O/c1-19-16-7-5-13(6-8-16)14(11-17)9-12-3-2-4-15(18)10-12/h2-10H,18H2,1H3/b14-9-. The Hall–Kier alpha value is -2.73. The quantitative estimate of drug-likeness (QED) is 0.516. The van der Waals surface area contributed by atoms with Gasteiger partial charge >= 0.3 is 0 Å². The number of nitrogens with zero attached hydrogens (tertiary/aromatic N) is 1. The molecule has 0 saturated heterocycles. The number of methoxy groups -OCH3 is 1. The van der Waals surface area contributed by atoms with Crippen molar-refractivity contribution in [3.63, 3.8) is 0 Å². The number of allylic oxidation sites excluding steroid dienone is 1. The Morgan fingerprint density at radius 1 is 1.21 bits per heavy atom. The van der Waals surface area contributed by atoms with Gasteiger partial charge in [0, 0.05) is 5.69 Å². The summed E-state index contributed by atoms with van der Waals surface area (Å²) in [5, 5.41) is 9.26. The summed E-state index contributed by atoms with van der Waals surface area (Å²) in [4.78, 5) is 0. The number of anilines is 1. The SMILES string of the molecule is COc1ccc(/C(C#N)=C\c2cccc(N)c2)cc1. The van der Waals surface area contributed by atoms with Gasteiger partial charge in [-0.05, 0) is 53.6 Å². The lowest BCUT2D eigenvalue weighted by Gasteiger charge is -2.03. The van der Waals surface area contributed by atoms with Crippen molar-refractivity contribution in [1.82, 2.24) is 0 Å². The molecule has 3 heteroatoms. The van der Waals surface area contributed by atoms with E-state index in [1.54, 1.807) is 7.11 Å². The van der Waals surface area contributed by atoms with E-state index >= 15 is 0 Å². The van der Waals surface area contributed by atoms with Crippen LogP contribution in [0.5, 0.6) is 5.75 Å². The highest BCUT2D eigenvalue weighted by Gasteiger charge is 2.01. The summed E-state index contributed by atoms with van der Waals surface area (Å²) in [6.45, 7) is 0. The summed E-state index contributed by atoms with van der Waals surface area (Å²) in [6, 6.07) is 17.0. The highest BCUT2D eigenvalue weighted by atomic mass is 16.5. The first-order valence-electron chi connectivity index (χ1n) is 5.84. The molecule has 0 aliphatic rings. The predicted octanol–water partition coefficient (Wildman–Crippen LogP) is 3.34. The fourth-order valence-corrected chi connectivity index (χ4v) is 1.77. The third-order valence-corrected chi connectivity index (χ3v) is 2.74. The number of benzene rings is 2. The van der Waals surface area contributed by atoms with Crippen molar-refractivity contribution in [2.24, 2.45) is 0 Å². The molecule has 0 aliphatic carbocycles. The van der Waals surface area contributed by atoms with Crippen LogP contribution in [0.25, 0.3) is 11.6 Å². The number of hydrogen-bond donors (Lipinski definition) is 1. The minimum absolute atomic E-state index is 0.591. The van der Waals surface area contributed by atoms with Crippen molar-refractivity contribution in [3.05, 3.63) is 59.7 Å². The van der Waals surface area contributed by atoms with Crippen molar-refractivity contribution < 1.29 is 4.74 Å². The van der Waals surface area contributed by atoms with Crippen LogP contribution in [-0.4, -0.2) is 7.11 Å². The number of nitriles is 1. The lowest BCUT2D eigenvalue weighted by molar-refractivity contribution is 0.415. The summed E-state index contributed by atoms with van der Waals surface area (Å²) in [7, 11) is 1.61. The van der Waals surface area contributed by atoms with Crippen molar-refractivity contribution in [2.45, 2.75) is 0 Å². The van der Waals surface area contributed by atoms with E-state index in [-0.39, 0.29) is 0 Å². The zero-order valence-electron chi connectivity index (χ0n) is 10.6. The van der Waals surface area contributed by atoms with E-state index in [0.29, 0.717) is 11.3 Å². The van der Waals surface area contributed by atoms with Gasteiger partial charge in [-0.3, -0.25) is 0 Å². The van der Waals surface area contributed by atoms with Crippen LogP contribution in [0.4, 0.5) is 5.69 Å². The molecule has 0 fully saturated rings. The molecular formula is C16H14N2O. The Morgan fingerprint density at radius 3 is 2.53 bits per heavy atom. The Morgan fingerprint density at radius 2 is 1.95 bits per heavy atom. The zero-order chi connectivity index (χ0) is 13.7. The van der Waals surface area contributed by atoms with E-state index in [2.05, 4.69) is 6.07 Å². The summed E-state index contributed by atoms with van der Waals surface area (Å²) in [5.41, 5.74) is 8.76. The molecule has 2 N–H and O–H groups in total. The monoisotopic (exact) mass is 250 g/mol. The fourth-order valence-electron chi connectivity index (χ4n) is 1.77. The molecule has 0 aliphatic heterocycles. The fraction of sp³-hybridized carbons (Fsp3) is 0.0625. The van der Waals surface area contributed by atoms with Gasteiger partial charge in [-0.2, -0.15) is 5.26 Å². The van der Waals surface area contributed by atoms with Crippen LogP contribution in [0.3, 0.4) is 0 Å². The molecule has 0 saturated carbocycles. The van der Waals surface area contributed by atoms with Crippen molar-refractivity contribution >= 4 is 17.3 Å². The molecule has 0 heterocycles. The molecule has 0 atom stereocenters. The zero-order valence-corrected chi connectivity index (χ0v) is 10.6. The van der Waals surface area contributed by atoms with Gasteiger partial charge in [0.2, 0.25) is 0 Å². The third kappa shape index (κ3) is 3.14. The number of hydrogen-bond acceptors (Lipinski definition) is 3. The molecule has 2 aromatic carbocycles. The molecule has 2 rings (SSSR count). The molecule has 0 spiro atoms.